The lowest BCUT2D eigenvalue weighted by Gasteiger charge is -2.26. The summed E-state index contributed by atoms with van der Waals surface area (Å²) in [6, 6.07) is -28.3. The average Bonchev–Trinajstić information content (AvgIpc) is 3.26. The number of hydrogen-bond acceptors (Lipinski definition) is 2. The number of anilines is 6. The van der Waals surface area contributed by atoms with Crippen LogP contribution in [0.3, 0.4) is 0 Å². The normalized spacial score (nSPS) is 22.4. The number of rotatable bonds is 7. The van der Waals surface area contributed by atoms with Crippen LogP contribution in [0.25, 0.3) is 11.1 Å². The Balaban J connectivity index is 1.80. The van der Waals surface area contributed by atoms with Gasteiger partial charge in [-0.15, -0.1) is 0 Å². The van der Waals surface area contributed by atoms with E-state index in [2.05, 4.69) is 0 Å². The van der Waals surface area contributed by atoms with E-state index < -0.39 is 221 Å². The van der Waals surface area contributed by atoms with Crippen LogP contribution < -0.4 is 9.80 Å². The highest BCUT2D eigenvalue weighted by Gasteiger charge is 2.14. The molecule has 40 heavy (non-hydrogen) atoms. The minimum absolute atomic E-state index is 0.255. The van der Waals surface area contributed by atoms with Crippen molar-refractivity contribution in [1.82, 2.24) is 0 Å². The van der Waals surface area contributed by atoms with E-state index in [9.17, 15) is 11.0 Å². The molecule has 0 fully saturated rings. The molecule has 2 heteroatoms. The maximum absolute atomic E-state index is 9.26. The predicted molar refractivity (Wildman–Crippen MR) is 171 cm³/mol. The molecule has 0 saturated carbocycles. The molecule has 2 nitrogen and oxygen atoms in total. The van der Waals surface area contributed by atoms with Crippen molar-refractivity contribution in [3.8, 4) is 11.1 Å². The molecule has 0 spiro atoms. The van der Waals surface area contributed by atoms with Crippen molar-refractivity contribution in [3.05, 3.63) is 168 Å². The zero-order valence-corrected chi connectivity index (χ0v) is 20.0. The van der Waals surface area contributed by atoms with Crippen molar-refractivity contribution < 1.29 is 42.5 Å². The quantitative estimate of drug-likeness (QED) is 0.196. The second-order valence-electron chi connectivity index (χ2n) is 7.57. The Morgan fingerprint density at radius 2 is 0.825 bits per heavy atom. The first-order valence-corrected chi connectivity index (χ1v) is 11.2. The van der Waals surface area contributed by atoms with Gasteiger partial charge in [0.2, 0.25) is 0 Å². The van der Waals surface area contributed by atoms with Crippen LogP contribution >= 0.6 is 0 Å². The number of hydrogen-bond donors (Lipinski definition) is 0. The molecule has 0 atom stereocenters. The summed E-state index contributed by atoms with van der Waals surface area (Å²) in [6.07, 6.45) is 0. The maximum Gasteiger partial charge on any atom is 0.0648 e. The van der Waals surface area contributed by atoms with E-state index in [1.54, 1.807) is 0 Å². The largest absolute Gasteiger partial charge is 0.310 e. The minimum atomic E-state index is -3.40. The summed E-state index contributed by atoms with van der Waals surface area (Å²) in [7, 11) is 0. The van der Waals surface area contributed by atoms with Crippen molar-refractivity contribution in [1.29, 1.82) is 0 Å². The molecule has 6 rings (SSSR count). The van der Waals surface area contributed by atoms with Gasteiger partial charge in [0.1, 0.15) is 0 Å². The molecular weight excluding hydrogens is 484 g/mol. The third-order valence-corrected chi connectivity index (χ3v) is 5.06. The zero-order chi connectivity index (χ0) is 54.1. The van der Waals surface area contributed by atoms with Crippen LogP contribution in [0.4, 0.5) is 34.1 Å². The first-order valence-electron chi connectivity index (χ1n) is 26.7. The Bertz CT molecular complexity index is 3220. The maximum atomic E-state index is 9.26. The molecule has 0 radical (unpaired) electrons. The Hall–Kier alpha value is -5.08. The van der Waals surface area contributed by atoms with Gasteiger partial charge in [0.05, 0.1) is 34.3 Å². The first kappa shape index (κ1) is 7.99. The van der Waals surface area contributed by atoms with Crippen LogP contribution in [0.2, 0.25) is 0 Å². The van der Waals surface area contributed by atoms with Gasteiger partial charge in [-0.05, 0) is 108 Å². The Labute approximate surface area is 281 Å². The fourth-order valence-corrected chi connectivity index (χ4v) is 3.40. The molecule has 0 bridgehead atoms. The molecule has 0 N–H and O–H groups in total. The number of benzene rings is 6. The van der Waals surface area contributed by atoms with Crippen LogP contribution in [-0.4, -0.2) is 0 Å². The second kappa shape index (κ2) is 11.3. The SMILES string of the molecule is [2H]c1cc([2H])c(N(c2c([2H])c([2H])c(-c3c([2H])c([2H])c(N(c4c([2H])c([2H])c([2H])c([2H])c4[2H])c4c([2H])c([2H])c([2H])c(C([2H])([2H])[2H])c4[2H])c([2H])c3[2H])c([2H])c2[2H])c2c([2H])c([2H])c([2H])c(C([2H])([2H])[2H])c2[2H])c([2H])c1[2H]. The summed E-state index contributed by atoms with van der Waals surface area (Å²) >= 11 is 0. The molecule has 0 amide bonds. The Kier molecular flexibility index (Phi) is 2.27. The van der Waals surface area contributed by atoms with Gasteiger partial charge in [-0.3, -0.25) is 0 Å². The van der Waals surface area contributed by atoms with Crippen LogP contribution in [0, 0.1) is 13.7 Å². The van der Waals surface area contributed by atoms with Gasteiger partial charge in [-0.2, -0.15) is 0 Å². The van der Waals surface area contributed by atoms with Crippen molar-refractivity contribution in [2.45, 2.75) is 13.7 Å². The van der Waals surface area contributed by atoms with Crippen molar-refractivity contribution in [2.75, 3.05) is 9.80 Å². The van der Waals surface area contributed by atoms with E-state index >= 15 is 0 Å². The van der Waals surface area contributed by atoms with Gasteiger partial charge >= 0.3 is 0 Å². The van der Waals surface area contributed by atoms with Crippen molar-refractivity contribution in [3.63, 3.8) is 0 Å². The molecule has 6 aromatic carbocycles. The summed E-state index contributed by atoms with van der Waals surface area (Å²) < 4.78 is 267. The summed E-state index contributed by atoms with van der Waals surface area (Å²) in [4.78, 5) is 0.595. The van der Waals surface area contributed by atoms with Gasteiger partial charge < -0.3 is 9.80 Å². The molecule has 0 unspecified atom stereocenters. The van der Waals surface area contributed by atoms with Crippen LogP contribution in [0.5, 0.6) is 0 Å². The lowest BCUT2D eigenvalue weighted by atomic mass is 10.0. The smallest absolute Gasteiger partial charge is 0.0648 e. The van der Waals surface area contributed by atoms with Crippen LogP contribution in [0.1, 0.15) is 53.6 Å². The van der Waals surface area contributed by atoms with E-state index in [0.29, 0.717) is 11.0 Å². The van der Waals surface area contributed by atoms with Crippen molar-refractivity contribution in [2.24, 2.45) is 0 Å². The predicted octanol–water partition coefficient (Wildman–Crippen LogP) is 10.9. The standard InChI is InChI=1S/C38H32N2/c1-29-11-9-17-37(27-29)39(33-13-5-3-6-14-33)35-23-19-31(20-24-35)32-21-25-36(26-22-32)40(34-15-7-4-8-16-34)38-18-10-12-30(2)28-38/h3-28H,1-2H3/i1D3,2D3,3D,4D,5D,6D,7D,9D,10D,11D,12D,13D,14D,15D,16D,17D,18D,19D,20D,21D,22D,23D,24D,25D,26D,27D,28D. The Morgan fingerprint density at radius 1 is 0.400 bits per heavy atom. The van der Waals surface area contributed by atoms with Crippen molar-refractivity contribution >= 4 is 34.1 Å². The van der Waals surface area contributed by atoms with Gasteiger partial charge in [0, 0.05) is 42.3 Å². The summed E-state index contributed by atoms with van der Waals surface area (Å²) in [5.74, 6) is 0. The molecular formula is C38H32N2. The van der Waals surface area contributed by atoms with E-state index in [-0.39, 0.29) is 4.90 Å². The second-order valence-corrected chi connectivity index (χ2v) is 7.57. The van der Waals surface area contributed by atoms with Gasteiger partial charge in [-0.1, -0.05) is 84.6 Å². The van der Waals surface area contributed by atoms with Gasteiger partial charge in [-0.25, -0.2) is 0 Å². The highest BCUT2D eigenvalue weighted by molar-refractivity contribution is 5.80. The molecule has 0 aliphatic carbocycles. The fourth-order valence-electron chi connectivity index (χ4n) is 3.40. The minimum Gasteiger partial charge on any atom is -0.310 e. The molecule has 0 heterocycles. The van der Waals surface area contributed by atoms with E-state index in [1.807, 2.05) is 0 Å². The average molecular weight is 548 g/mol. The molecule has 0 aromatic heterocycles. The summed E-state index contributed by atoms with van der Waals surface area (Å²) in [5.41, 5.74) is -11.0. The summed E-state index contributed by atoms with van der Waals surface area (Å²) in [5, 5.41) is 0. The van der Waals surface area contributed by atoms with E-state index in [0.717, 1.165) is 0 Å². The van der Waals surface area contributed by atoms with Crippen LogP contribution in [0.15, 0.2) is 157 Å². The van der Waals surface area contributed by atoms with E-state index in [4.69, 9.17) is 31.5 Å². The van der Waals surface area contributed by atoms with Crippen LogP contribution in [-0.2, 0) is 0 Å². The monoisotopic (exact) mass is 547 g/mol. The number of nitrogens with zero attached hydrogens (tertiary/aromatic N) is 2. The fraction of sp³-hybridized carbons (Fsp3) is 0.0526. The highest BCUT2D eigenvalue weighted by atomic mass is 15.1. The molecule has 0 aliphatic rings. The van der Waals surface area contributed by atoms with Gasteiger partial charge in [0.25, 0.3) is 0 Å². The molecule has 194 valence electrons. The lowest BCUT2D eigenvalue weighted by molar-refractivity contribution is 1.27. The Morgan fingerprint density at radius 3 is 1.32 bits per heavy atom. The molecule has 0 saturated heterocycles. The topological polar surface area (TPSA) is 6.48 Å². The summed E-state index contributed by atoms with van der Waals surface area (Å²) in [6.45, 7) is -6.76. The first-order chi connectivity index (χ1) is 32.5. The third-order valence-electron chi connectivity index (χ3n) is 5.06. The number of para-hydroxylation sites is 2. The highest BCUT2D eigenvalue weighted by Crippen LogP contribution is 2.38. The third kappa shape index (κ3) is 5.39. The van der Waals surface area contributed by atoms with Gasteiger partial charge in [0.15, 0.2) is 0 Å². The van der Waals surface area contributed by atoms with E-state index in [1.165, 1.54) is 0 Å². The lowest BCUT2D eigenvalue weighted by Crippen LogP contribution is -2.10. The molecule has 6 aromatic rings. The zero-order valence-electron chi connectivity index (χ0n) is 51.0. The molecule has 0 aliphatic heterocycles.